The first kappa shape index (κ1) is 18.8. The molecule has 3 rings (SSSR count). The number of nitrogens with one attached hydrogen (secondary N) is 2. The number of hydrogen-bond acceptors (Lipinski definition) is 6. The Bertz CT molecular complexity index is 980. The van der Waals surface area contributed by atoms with Crippen molar-refractivity contribution < 1.29 is 28.4 Å². The highest BCUT2D eigenvalue weighted by molar-refractivity contribution is 6.02. The summed E-state index contributed by atoms with van der Waals surface area (Å²) in [6.45, 7) is -0.612. The lowest BCUT2D eigenvalue weighted by Gasteiger charge is -2.28. The van der Waals surface area contributed by atoms with Gasteiger partial charge in [-0.1, -0.05) is 12.1 Å². The van der Waals surface area contributed by atoms with Crippen LogP contribution in [0.5, 0.6) is 5.75 Å². The molecule has 3 amide bonds. The topological polar surface area (TPSA) is 131 Å². The zero-order valence-corrected chi connectivity index (χ0v) is 14.2. The van der Waals surface area contributed by atoms with Crippen LogP contribution >= 0.6 is 0 Å². The average Bonchev–Trinajstić information content (AvgIpc) is 2.68. The molecular formula is C17H13FN4O6. The number of hydrogen-bond donors (Lipinski definition) is 2. The molecule has 0 fully saturated rings. The normalized spacial score (nSPS) is 12.6. The summed E-state index contributed by atoms with van der Waals surface area (Å²) in [4.78, 5) is 47.1. The highest BCUT2D eigenvalue weighted by atomic mass is 19.1. The van der Waals surface area contributed by atoms with Crippen LogP contribution in [0.1, 0.15) is 10.4 Å². The van der Waals surface area contributed by atoms with Gasteiger partial charge in [0.15, 0.2) is 6.61 Å². The number of hydrazine groups is 1. The van der Waals surface area contributed by atoms with Gasteiger partial charge in [0.1, 0.15) is 12.3 Å². The summed E-state index contributed by atoms with van der Waals surface area (Å²) >= 11 is 0. The van der Waals surface area contributed by atoms with E-state index in [-0.39, 0.29) is 18.7 Å². The van der Waals surface area contributed by atoms with Gasteiger partial charge in [0.25, 0.3) is 17.7 Å². The maximum atomic E-state index is 13.3. The minimum atomic E-state index is -1.09. The minimum Gasteiger partial charge on any atom is -0.482 e. The summed E-state index contributed by atoms with van der Waals surface area (Å²) < 4.78 is 18.6. The molecule has 0 radical (unpaired) electrons. The molecule has 2 aromatic rings. The van der Waals surface area contributed by atoms with Gasteiger partial charge in [0.05, 0.1) is 10.6 Å². The zero-order chi connectivity index (χ0) is 20.3. The Morgan fingerprint density at radius 3 is 2.71 bits per heavy atom. The van der Waals surface area contributed by atoms with Crippen LogP contribution in [-0.4, -0.2) is 35.8 Å². The molecule has 0 aromatic heterocycles. The van der Waals surface area contributed by atoms with Gasteiger partial charge in [-0.2, -0.15) is 4.39 Å². The molecule has 0 bridgehead atoms. The molecule has 2 N–H and O–H groups in total. The number of rotatable bonds is 4. The van der Waals surface area contributed by atoms with Crippen LogP contribution in [0.2, 0.25) is 0 Å². The van der Waals surface area contributed by atoms with E-state index in [1.807, 2.05) is 0 Å². The number of nitro benzene ring substituents is 1. The van der Waals surface area contributed by atoms with Crippen molar-refractivity contribution >= 4 is 29.1 Å². The minimum absolute atomic E-state index is 0.221. The van der Waals surface area contributed by atoms with E-state index in [1.54, 1.807) is 24.3 Å². The molecule has 1 aliphatic heterocycles. The Kier molecular flexibility index (Phi) is 5.16. The standard InChI is InChI=1S/C17H13FN4O6/c18-11-6-5-10(7-13(11)22(26)27)17(25)20-19-15(23)8-21-12-3-1-2-4-14(12)28-9-16(21)24/h1-7H,8-9H2,(H,19,23)(H,20,25). The number of nitro groups is 1. The predicted octanol–water partition coefficient (Wildman–Crippen LogP) is 0.920. The molecule has 0 unspecified atom stereocenters. The third-order valence-corrected chi connectivity index (χ3v) is 3.83. The largest absolute Gasteiger partial charge is 0.482 e. The first-order valence-electron chi connectivity index (χ1n) is 7.92. The number of carbonyl (C=O) groups excluding carboxylic acids is 3. The van der Waals surface area contributed by atoms with E-state index in [0.29, 0.717) is 11.4 Å². The summed E-state index contributed by atoms with van der Waals surface area (Å²) in [6, 6.07) is 9.21. The number of halogens is 1. The van der Waals surface area contributed by atoms with Gasteiger partial charge < -0.3 is 4.74 Å². The molecule has 1 aliphatic rings. The highest BCUT2D eigenvalue weighted by Crippen LogP contribution is 2.31. The Morgan fingerprint density at radius 1 is 1.21 bits per heavy atom. The third kappa shape index (κ3) is 3.87. The lowest BCUT2D eigenvalue weighted by atomic mass is 10.2. The molecule has 2 aromatic carbocycles. The predicted molar refractivity (Wildman–Crippen MR) is 93.0 cm³/mol. The van der Waals surface area contributed by atoms with Crippen molar-refractivity contribution in [3.8, 4) is 5.75 Å². The lowest BCUT2D eigenvalue weighted by molar-refractivity contribution is -0.387. The van der Waals surface area contributed by atoms with Gasteiger partial charge in [0, 0.05) is 11.6 Å². The summed E-state index contributed by atoms with van der Waals surface area (Å²) in [7, 11) is 0. The van der Waals surface area contributed by atoms with E-state index in [2.05, 4.69) is 10.9 Å². The maximum Gasteiger partial charge on any atom is 0.305 e. The van der Waals surface area contributed by atoms with Crippen molar-refractivity contribution in [3.05, 3.63) is 64.0 Å². The molecule has 144 valence electrons. The molecule has 0 aliphatic carbocycles. The van der Waals surface area contributed by atoms with Gasteiger partial charge >= 0.3 is 5.69 Å². The van der Waals surface area contributed by atoms with Crippen LogP contribution < -0.4 is 20.5 Å². The zero-order valence-electron chi connectivity index (χ0n) is 14.2. The summed E-state index contributed by atoms with van der Waals surface area (Å²) in [6.07, 6.45) is 0. The quantitative estimate of drug-likeness (QED) is 0.592. The second kappa shape index (κ2) is 7.70. The molecule has 0 saturated heterocycles. The number of amides is 3. The van der Waals surface area contributed by atoms with Crippen LogP contribution in [0.15, 0.2) is 42.5 Å². The van der Waals surface area contributed by atoms with E-state index in [1.165, 1.54) is 4.90 Å². The lowest BCUT2D eigenvalue weighted by Crippen LogP contribution is -2.49. The fourth-order valence-electron chi connectivity index (χ4n) is 2.50. The second-order valence-corrected chi connectivity index (χ2v) is 5.66. The summed E-state index contributed by atoms with van der Waals surface area (Å²) in [5, 5.41) is 10.7. The smallest absolute Gasteiger partial charge is 0.305 e. The van der Waals surface area contributed by atoms with Crippen LogP contribution in [0, 0.1) is 15.9 Å². The number of nitrogens with zero attached hydrogens (tertiary/aromatic N) is 2. The SMILES string of the molecule is O=C(CN1C(=O)COc2ccccc21)NNC(=O)c1ccc(F)c([N+](=O)[O-])c1. The van der Waals surface area contributed by atoms with Crippen LogP contribution in [-0.2, 0) is 9.59 Å². The van der Waals surface area contributed by atoms with Crippen molar-refractivity contribution in [2.24, 2.45) is 0 Å². The highest BCUT2D eigenvalue weighted by Gasteiger charge is 2.27. The molecule has 11 heteroatoms. The molecular weight excluding hydrogens is 375 g/mol. The van der Waals surface area contributed by atoms with Crippen LogP contribution in [0.25, 0.3) is 0 Å². The van der Waals surface area contributed by atoms with Gasteiger partial charge in [-0.15, -0.1) is 0 Å². The van der Waals surface area contributed by atoms with Crippen molar-refractivity contribution in [2.75, 3.05) is 18.1 Å². The van der Waals surface area contributed by atoms with E-state index in [9.17, 15) is 28.9 Å². The molecule has 28 heavy (non-hydrogen) atoms. The van der Waals surface area contributed by atoms with Gasteiger partial charge in [-0.3, -0.25) is 40.2 Å². The molecule has 1 heterocycles. The fraction of sp³-hybridized carbons (Fsp3) is 0.118. The second-order valence-electron chi connectivity index (χ2n) is 5.66. The van der Waals surface area contributed by atoms with E-state index in [0.717, 1.165) is 18.2 Å². The molecule has 0 saturated carbocycles. The first-order chi connectivity index (χ1) is 13.4. The molecule has 0 spiro atoms. The Balaban J connectivity index is 1.63. The fourth-order valence-corrected chi connectivity index (χ4v) is 2.50. The Hall–Kier alpha value is -4.02. The van der Waals surface area contributed by atoms with Gasteiger partial charge in [-0.05, 0) is 24.3 Å². The number of carbonyl (C=O) groups is 3. The Morgan fingerprint density at radius 2 is 1.96 bits per heavy atom. The van der Waals surface area contributed by atoms with E-state index < -0.39 is 34.1 Å². The number of fused-ring (bicyclic) bond motifs is 1. The van der Waals surface area contributed by atoms with Crippen LogP contribution in [0.3, 0.4) is 0 Å². The van der Waals surface area contributed by atoms with Gasteiger partial charge in [0.2, 0.25) is 5.82 Å². The number of para-hydroxylation sites is 2. The maximum absolute atomic E-state index is 13.3. The number of ether oxygens (including phenoxy) is 1. The summed E-state index contributed by atoms with van der Waals surface area (Å²) in [5.74, 6) is -2.68. The first-order valence-corrected chi connectivity index (χ1v) is 7.92. The van der Waals surface area contributed by atoms with Gasteiger partial charge in [-0.25, -0.2) is 0 Å². The van der Waals surface area contributed by atoms with Crippen molar-refractivity contribution in [2.45, 2.75) is 0 Å². The number of benzene rings is 2. The Labute approximate surface area is 157 Å². The molecule has 0 atom stereocenters. The summed E-state index contributed by atoms with van der Waals surface area (Å²) in [5.41, 5.74) is 3.49. The van der Waals surface area contributed by atoms with E-state index >= 15 is 0 Å². The van der Waals surface area contributed by atoms with Crippen LogP contribution in [0.4, 0.5) is 15.8 Å². The van der Waals surface area contributed by atoms with E-state index in [4.69, 9.17) is 4.74 Å². The van der Waals surface area contributed by atoms with Crippen molar-refractivity contribution in [3.63, 3.8) is 0 Å². The number of anilines is 1. The third-order valence-electron chi connectivity index (χ3n) is 3.83. The van der Waals surface area contributed by atoms with Crippen molar-refractivity contribution in [1.29, 1.82) is 0 Å². The average molecular weight is 388 g/mol. The monoisotopic (exact) mass is 388 g/mol. The molecule has 10 nitrogen and oxygen atoms in total. The van der Waals surface area contributed by atoms with Crippen molar-refractivity contribution in [1.82, 2.24) is 10.9 Å².